The van der Waals surface area contributed by atoms with Crippen molar-refractivity contribution in [2.45, 2.75) is 76.3 Å². The minimum absolute atomic E-state index is 0.110. The van der Waals surface area contributed by atoms with Crippen molar-refractivity contribution >= 4 is 23.5 Å². The van der Waals surface area contributed by atoms with Crippen LogP contribution in [0.4, 0.5) is 0 Å². The van der Waals surface area contributed by atoms with E-state index in [-0.39, 0.29) is 23.3 Å². The molecule has 0 aromatic carbocycles. The Kier molecular flexibility index (Phi) is 8.87. The summed E-state index contributed by atoms with van der Waals surface area (Å²) in [4.78, 5) is 29.1. The number of thioether (sulfide) groups is 1. The zero-order valence-corrected chi connectivity index (χ0v) is 18.7. The number of carbonyl (C=O) groups is 2. The number of hydrogen-bond acceptors (Lipinski definition) is 6. The molecule has 1 aliphatic carbocycles. The molecular formula is C22H37N3O3S. The lowest BCUT2D eigenvalue weighted by atomic mass is 9.94. The van der Waals surface area contributed by atoms with Crippen molar-refractivity contribution < 1.29 is 14.3 Å². The summed E-state index contributed by atoms with van der Waals surface area (Å²) in [6, 6.07) is -0.110. The second kappa shape index (κ2) is 11.4. The van der Waals surface area contributed by atoms with E-state index in [4.69, 9.17) is 4.74 Å². The second-order valence-electron chi connectivity index (χ2n) is 8.66. The number of ketones is 1. The number of morpholine rings is 1. The van der Waals surface area contributed by atoms with Crippen molar-refractivity contribution in [2.24, 2.45) is 0 Å². The van der Waals surface area contributed by atoms with Crippen molar-refractivity contribution in [1.29, 1.82) is 0 Å². The van der Waals surface area contributed by atoms with Crippen LogP contribution < -0.4 is 5.32 Å². The van der Waals surface area contributed by atoms with Crippen LogP contribution in [0.5, 0.6) is 0 Å². The van der Waals surface area contributed by atoms with Crippen LogP contribution in [0, 0.1) is 0 Å². The first-order chi connectivity index (χ1) is 14.1. The smallest absolute Gasteiger partial charge is 0.242 e. The summed E-state index contributed by atoms with van der Waals surface area (Å²) in [6.07, 6.45) is 11.3. The van der Waals surface area contributed by atoms with Crippen LogP contribution in [0.25, 0.3) is 0 Å². The van der Waals surface area contributed by atoms with Gasteiger partial charge in [0.15, 0.2) is 0 Å². The summed E-state index contributed by atoms with van der Waals surface area (Å²) >= 11 is 1.74. The van der Waals surface area contributed by atoms with Gasteiger partial charge in [-0.3, -0.25) is 9.69 Å². The third-order valence-electron chi connectivity index (χ3n) is 6.59. The zero-order valence-electron chi connectivity index (χ0n) is 17.9. The summed E-state index contributed by atoms with van der Waals surface area (Å²) in [5.41, 5.74) is 0.112. The van der Waals surface area contributed by atoms with Crippen LogP contribution in [0.15, 0.2) is 11.6 Å². The fourth-order valence-electron chi connectivity index (χ4n) is 4.87. The summed E-state index contributed by atoms with van der Waals surface area (Å²) in [7, 11) is 0. The van der Waals surface area contributed by atoms with Gasteiger partial charge in [-0.2, -0.15) is 0 Å². The monoisotopic (exact) mass is 423 g/mol. The molecule has 2 aliphatic heterocycles. The normalized spacial score (nSPS) is 22.7. The van der Waals surface area contributed by atoms with E-state index in [1.165, 1.54) is 25.7 Å². The van der Waals surface area contributed by atoms with Crippen LogP contribution in [-0.2, 0) is 14.3 Å². The van der Waals surface area contributed by atoms with Gasteiger partial charge in [-0.1, -0.05) is 25.7 Å². The molecule has 29 heavy (non-hydrogen) atoms. The van der Waals surface area contributed by atoms with Crippen LogP contribution in [0.1, 0.15) is 64.7 Å². The summed E-state index contributed by atoms with van der Waals surface area (Å²) in [5, 5.41) is 5.41. The van der Waals surface area contributed by atoms with E-state index >= 15 is 0 Å². The first-order valence-corrected chi connectivity index (χ1v) is 12.3. The Morgan fingerprint density at radius 2 is 1.93 bits per heavy atom. The predicted octanol–water partition coefficient (Wildman–Crippen LogP) is 3.13. The highest BCUT2D eigenvalue weighted by atomic mass is 32.2. The lowest BCUT2D eigenvalue weighted by molar-refractivity contribution is -0.126. The number of Topliss-reactive ketones (excluding diaryl/α,β-unsaturated/α-hetero) is 1. The maximum atomic E-state index is 13.2. The molecule has 6 nitrogen and oxygen atoms in total. The van der Waals surface area contributed by atoms with Crippen molar-refractivity contribution in [1.82, 2.24) is 15.1 Å². The van der Waals surface area contributed by atoms with E-state index in [1.54, 1.807) is 18.7 Å². The van der Waals surface area contributed by atoms with Crippen LogP contribution in [-0.4, -0.2) is 71.8 Å². The van der Waals surface area contributed by atoms with Crippen molar-refractivity contribution in [3.63, 3.8) is 0 Å². The summed E-state index contributed by atoms with van der Waals surface area (Å²) < 4.78 is 5.55. The molecule has 1 saturated heterocycles. The first-order valence-electron chi connectivity index (χ1n) is 11.2. The van der Waals surface area contributed by atoms with Crippen molar-refractivity contribution in [3.05, 3.63) is 11.6 Å². The maximum absolute atomic E-state index is 13.2. The predicted molar refractivity (Wildman–Crippen MR) is 118 cm³/mol. The van der Waals surface area contributed by atoms with Gasteiger partial charge in [0.1, 0.15) is 11.8 Å². The number of nitrogens with zero attached hydrogens (tertiary/aromatic N) is 2. The molecule has 0 unspecified atom stereocenters. The molecule has 7 heteroatoms. The molecule has 1 atom stereocenters. The summed E-state index contributed by atoms with van der Waals surface area (Å²) in [5.74, 6) is 1.26. The fraction of sp³-hybridized carbons (Fsp3) is 0.818. The lowest BCUT2D eigenvalue weighted by Crippen LogP contribution is -2.58. The molecule has 164 valence electrons. The van der Waals surface area contributed by atoms with Crippen molar-refractivity contribution in [3.8, 4) is 0 Å². The second-order valence-corrected chi connectivity index (χ2v) is 9.52. The highest BCUT2D eigenvalue weighted by molar-refractivity contribution is 8.02. The molecule has 3 aliphatic rings. The number of ether oxygens (including phenoxy) is 1. The molecule has 0 radical (unpaired) electrons. The van der Waals surface area contributed by atoms with Crippen molar-refractivity contribution in [2.75, 3.05) is 38.7 Å². The van der Waals surface area contributed by atoms with Gasteiger partial charge in [0.05, 0.1) is 19.1 Å². The molecule has 0 spiro atoms. The molecule has 1 amide bonds. The standard InChI is InChI=1S/C22H37N3O3S/c1-19(26)7-3-2-4-8-20(24-13-16-29-18-24)21(27)23-17-22(9-5-6-10-22)25-11-14-28-15-12-25/h13,16,20H,2-12,14-15,17-18H2,1H3,(H,23,27)/t20-/m0/s1. The Balaban J connectivity index is 1.53. The minimum atomic E-state index is -0.110. The number of carbonyl (C=O) groups excluding carboxylic acids is 2. The van der Waals surface area contributed by atoms with Gasteiger partial charge in [0.2, 0.25) is 5.91 Å². The molecule has 2 heterocycles. The van der Waals surface area contributed by atoms with Crippen LogP contribution >= 0.6 is 11.8 Å². The largest absolute Gasteiger partial charge is 0.379 e. The van der Waals surface area contributed by atoms with E-state index in [1.807, 2.05) is 0 Å². The summed E-state index contributed by atoms with van der Waals surface area (Å²) in [6.45, 7) is 5.94. The third kappa shape index (κ3) is 6.46. The molecule has 0 aromatic heterocycles. The molecule has 1 N–H and O–H groups in total. The Morgan fingerprint density at radius 3 is 2.59 bits per heavy atom. The van der Waals surface area contributed by atoms with Gasteiger partial charge in [-0.05, 0) is 38.0 Å². The number of rotatable bonds is 11. The quantitative estimate of drug-likeness (QED) is 0.515. The van der Waals surface area contributed by atoms with Gasteiger partial charge in [-0.15, -0.1) is 11.8 Å². The highest BCUT2D eigenvalue weighted by Crippen LogP contribution is 2.35. The number of hydrogen-bond donors (Lipinski definition) is 1. The highest BCUT2D eigenvalue weighted by Gasteiger charge is 2.40. The van der Waals surface area contributed by atoms with Gasteiger partial charge < -0.3 is 19.7 Å². The Hall–Kier alpha value is -1.05. The van der Waals surface area contributed by atoms with Gasteiger partial charge in [0.25, 0.3) is 0 Å². The van der Waals surface area contributed by atoms with E-state index in [0.29, 0.717) is 6.42 Å². The van der Waals surface area contributed by atoms with E-state index in [9.17, 15) is 9.59 Å². The lowest BCUT2D eigenvalue weighted by Gasteiger charge is -2.43. The number of nitrogens with one attached hydrogen (secondary N) is 1. The fourth-order valence-corrected chi connectivity index (χ4v) is 5.63. The molecule has 0 aromatic rings. The van der Waals surface area contributed by atoms with E-state index < -0.39 is 0 Å². The Labute approximate surface area is 179 Å². The average Bonchev–Trinajstić information content (AvgIpc) is 3.42. The minimum Gasteiger partial charge on any atom is -0.379 e. The molecule has 0 bridgehead atoms. The Bertz CT molecular complexity index is 572. The first kappa shape index (κ1) is 22.6. The maximum Gasteiger partial charge on any atom is 0.242 e. The average molecular weight is 424 g/mol. The molecule has 3 rings (SSSR count). The SMILES string of the molecule is CC(=O)CCCCC[C@@H](C(=O)NCC1(N2CCOCC2)CCCC1)N1C=CSC1. The van der Waals surface area contributed by atoms with Gasteiger partial charge in [0, 0.05) is 37.8 Å². The molecule has 1 saturated carbocycles. The van der Waals surface area contributed by atoms with Crippen LogP contribution in [0.3, 0.4) is 0 Å². The molecule has 2 fully saturated rings. The number of amides is 1. The zero-order chi connectivity index (χ0) is 20.5. The Morgan fingerprint density at radius 1 is 1.17 bits per heavy atom. The number of unbranched alkanes of at least 4 members (excludes halogenated alkanes) is 2. The molecular weight excluding hydrogens is 386 g/mol. The van der Waals surface area contributed by atoms with Crippen LogP contribution in [0.2, 0.25) is 0 Å². The van der Waals surface area contributed by atoms with Gasteiger partial charge in [-0.25, -0.2) is 0 Å². The third-order valence-corrected chi connectivity index (χ3v) is 7.35. The van der Waals surface area contributed by atoms with E-state index in [2.05, 4.69) is 26.7 Å². The van der Waals surface area contributed by atoms with E-state index in [0.717, 1.165) is 64.4 Å². The topological polar surface area (TPSA) is 61.9 Å². The van der Waals surface area contributed by atoms with Gasteiger partial charge >= 0.3 is 0 Å².